The molecule has 0 radical (unpaired) electrons. The Hall–Kier alpha value is -1.18. The highest BCUT2D eigenvalue weighted by molar-refractivity contribution is 6.31. The smallest absolute Gasteiger partial charge is 0.124 e. The molecule has 0 saturated carbocycles. The Morgan fingerprint density at radius 1 is 1.00 bits per heavy atom. The Balaban J connectivity index is 2.13. The summed E-state index contributed by atoms with van der Waals surface area (Å²) in [4.78, 5) is 0. The van der Waals surface area contributed by atoms with Crippen LogP contribution in [0, 0.1) is 13.8 Å². The molecule has 2 rings (SSSR count). The van der Waals surface area contributed by atoms with Crippen LogP contribution in [-0.2, 0) is 6.61 Å². The van der Waals surface area contributed by atoms with Crippen molar-refractivity contribution in [3.05, 3.63) is 63.1 Å². The summed E-state index contributed by atoms with van der Waals surface area (Å²) in [6.07, 6.45) is 0. The molecule has 2 aromatic carbocycles. The monoisotopic (exact) mass is 280 g/mol. The summed E-state index contributed by atoms with van der Waals surface area (Å²) >= 11 is 12.1. The van der Waals surface area contributed by atoms with Gasteiger partial charge in [0.2, 0.25) is 0 Å². The van der Waals surface area contributed by atoms with Crippen molar-refractivity contribution in [2.75, 3.05) is 0 Å². The first kappa shape index (κ1) is 13.3. The van der Waals surface area contributed by atoms with E-state index >= 15 is 0 Å². The van der Waals surface area contributed by atoms with E-state index < -0.39 is 0 Å². The molecule has 2 aromatic rings. The Labute approximate surface area is 117 Å². The van der Waals surface area contributed by atoms with Crippen molar-refractivity contribution >= 4 is 23.2 Å². The van der Waals surface area contributed by atoms with E-state index in [4.69, 9.17) is 27.9 Å². The third-order valence-electron chi connectivity index (χ3n) is 2.74. The van der Waals surface area contributed by atoms with Gasteiger partial charge in [0.15, 0.2) is 0 Å². The molecule has 1 nitrogen and oxygen atoms in total. The fourth-order valence-corrected chi connectivity index (χ4v) is 2.11. The second-order valence-electron chi connectivity index (χ2n) is 4.29. The third-order valence-corrected chi connectivity index (χ3v) is 3.33. The zero-order valence-corrected chi connectivity index (χ0v) is 11.8. The van der Waals surface area contributed by atoms with Gasteiger partial charge in [0.1, 0.15) is 12.4 Å². The highest BCUT2D eigenvalue weighted by atomic mass is 35.5. The standard InChI is InChI=1S/C15H14Cl2O/c1-10-3-5-12(14(17)7-10)9-18-15-8-13(16)6-4-11(15)2/h3-8H,9H2,1-2H3. The molecule has 0 spiro atoms. The van der Waals surface area contributed by atoms with E-state index in [2.05, 4.69) is 0 Å². The molecule has 3 heteroatoms. The number of rotatable bonds is 3. The van der Waals surface area contributed by atoms with E-state index in [1.54, 1.807) is 0 Å². The van der Waals surface area contributed by atoms with Crippen LogP contribution >= 0.6 is 23.2 Å². The average molecular weight is 281 g/mol. The summed E-state index contributed by atoms with van der Waals surface area (Å²) < 4.78 is 5.76. The van der Waals surface area contributed by atoms with Gasteiger partial charge in [0, 0.05) is 15.6 Å². The fourth-order valence-electron chi connectivity index (χ4n) is 1.65. The molecule has 0 aliphatic heterocycles. The molecule has 0 aliphatic rings. The topological polar surface area (TPSA) is 9.23 Å². The largest absolute Gasteiger partial charge is 0.489 e. The van der Waals surface area contributed by atoms with Crippen molar-refractivity contribution < 1.29 is 4.74 Å². The van der Waals surface area contributed by atoms with Crippen molar-refractivity contribution in [2.24, 2.45) is 0 Å². The molecule has 0 bridgehead atoms. The zero-order chi connectivity index (χ0) is 13.1. The Bertz CT molecular complexity index is 564. The van der Waals surface area contributed by atoms with Gasteiger partial charge >= 0.3 is 0 Å². The molecule has 0 unspecified atom stereocenters. The SMILES string of the molecule is Cc1ccc(COc2cc(Cl)ccc2C)c(Cl)c1. The molecule has 0 heterocycles. The summed E-state index contributed by atoms with van der Waals surface area (Å²) in [5, 5.41) is 1.40. The summed E-state index contributed by atoms with van der Waals surface area (Å²) in [6, 6.07) is 11.5. The Morgan fingerprint density at radius 3 is 2.50 bits per heavy atom. The predicted octanol–water partition coefficient (Wildman–Crippen LogP) is 5.19. The van der Waals surface area contributed by atoms with E-state index in [0.29, 0.717) is 11.6 Å². The molecular formula is C15H14Cl2O. The molecule has 0 amide bonds. The van der Waals surface area contributed by atoms with Gasteiger partial charge in [-0.25, -0.2) is 0 Å². The second-order valence-corrected chi connectivity index (χ2v) is 5.14. The molecular weight excluding hydrogens is 267 g/mol. The van der Waals surface area contributed by atoms with Crippen LogP contribution in [-0.4, -0.2) is 0 Å². The van der Waals surface area contributed by atoms with Crippen LogP contribution in [0.4, 0.5) is 0 Å². The second kappa shape index (κ2) is 5.64. The lowest BCUT2D eigenvalue weighted by atomic mass is 10.1. The highest BCUT2D eigenvalue weighted by Gasteiger charge is 2.04. The molecule has 18 heavy (non-hydrogen) atoms. The number of halogens is 2. The number of benzene rings is 2. The number of hydrogen-bond donors (Lipinski definition) is 0. The van der Waals surface area contributed by atoms with Crippen LogP contribution in [0.2, 0.25) is 10.0 Å². The van der Waals surface area contributed by atoms with Gasteiger partial charge in [-0.15, -0.1) is 0 Å². The van der Waals surface area contributed by atoms with Crippen molar-refractivity contribution in [3.8, 4) is 5.75 Å². The zero-order valence-electron chi connectivity index (χ0n) is 10.3. The molecule has 0 aromatic heterocycles. The first-order chi connectivity index (χ1) is 8.56. The molecule has 94 valence electrons. The highest BCUT2D eigenvalue weighted by Crippen LogP contribution is 2.25. The van der Waals surface area contributed by atoms with Crippen LogP contribution in [0.3, 0.4) is 0 Å². The Kier molecular flexibility index (Phi) is 4.15. The van der Waals surface area contributed by atoms with E-state index in [1.165, 1.54) is 0 Å². The minimum atomic E-state index is 0.445. The van der Waals surface area contributed by atoms with Crippen LogP contribution in [0.1, 0.15) is 16.7 Å². The molecule has 0 fully saturated rings. The lowest BCUT2D eigenvalue weighted by Crippen LogP contribution is -1.98. The summed E-state index contributed by atoms with van der Waals surface area (Å²) in [5.74, 6) is 0.791. The van der Waals surface area contributed by atoms with Gasteiger partial charge in [-0.3, -0.25) is 0 Å². The average Bonchev–Trinajstić information content (AvgIpc) is 2.32. The molecule has 0 N–H and O–H groups in total. The van der Waals surface area contributed by atoms with Gasteiger partial charge in [-0.05, 0) is 43.2 Å². The van der Waals surface area contributed by atoms with Gasteiger partial charge in [-0.1, -0.05) is 41.4 Å². The fraction of sp³-hybridized carbons (Fsp3) is 0.200. The Morgan fingerprint density at radius 2 is 1.78 bits per heavy atom. The van der Waals surface area contributed by atoms with Gasteiger partial charge in [0.25, 0.3) is 0 Å². The van der Waals surface area contributed by atoms with E-state index in [-0.39, 0.29) is 0 Å². The minimum Gasteiger partial charge on any atom is -0.489 e. The maximum absolute atomic E-state index is 6.16. The van der Waals surface area contributed by atoms with E-state index in [0.717, 1.165) is 27.5 Å². The lowest BCUT2D eigenvalue weighted by molar-refractivity contribution is 0.304. The van der Waals surface area contributed by atoms with Crippen LogP contribution in [0.15, 0.2) is 36.4 Å². The minimum absolute atomic E-state index is 0.445. The first-order valence-corrected chi connectivity index (χ1v) is 6.46. The third kappa shape index (κ3) is 3.18. The molecule has 0 aliphatic carbocycles. The summed E-state index contributed by atoms with van der Waals surface area (Å²) in [7, 11) is 0. The maximum Gasteiger partial charge on any atom is 0.124 e. The summed E-state index contributed by atoms with van der Waals surface area (Å²) in [5.41, 5.74) is 3.17. The van der Waals surface area contributed by atoms with Crippen molar-refractivity contribution in [1.82, 2.24) is 0 Å². The molecule has 0 atom stereocenters. The van der Waals surface area contributed by atoms with Crippen LogP contribution in [0.5, 0.6) is 5.75 Å². The van der Waals surface area contributed by atoms with E-state index in [1.807, 2.05) is 50.2 Å². The van der Waals surface area contributed by atoms with Crippen LogP contribution in [0.25, 0.3) is 0 Å². The number of hydrogen-bond acceptors (Lipinski definition) is 1. The van der Waals surface area contributed by atoms with Gasteiger partial charge < -0.3 is 4.74 Å². The van der Waals surface area contributed by atoms with Crippen molar-refractivity contribution in [3.63, 3.8) is 0 Å². The predicted molar refractivity (Wildman–Crippen MR) is 76.7 cm³/mol. The summed E-state index contributed by atoms with van der Waals surface area (Å²) in [6.45, 7) is 4.44. The normalized spacial score (nSPS) is 10.4. The number of ether oxygens (including phenoxy) is 1. The molecule has 0 saturated heterocycles. The quantitative estimate of drug-likeness (QED) is 0.752. The maximum atomic E-state index is 6.16. The number of aryl methyl sites for hydroxylation is 2. The van der Waals surface area contributed by atoms with Gasteiger partial charge in [0.05, 0.1) is 0 Å². The van der Waals surface area contributed by atoms with Gasteiger partial charge in [-0.2, -0.15) is 0 Å². The van der Waals surface area contributed by atoms with Crippen molar-refractivity contribution in [1.29, 1.82) is 0 Å². The van der Waals surface area contributed by atoms with Crippen molar-refractivity contribution in [2.45, 2.75) is 20.5 Å². The first-order valence-electron chi connectivity index (χ1n) is 5.70. The lowest BCUT2D eigenvalue weighted by Gasteiger charge is -2.11. The van der Waals surface area contributed by atoms with Crippen LogP contribution < -0.4 is 4.74 Å². The van der Waals surface area contributed by atoms with E-state index in [9.17, 15) is 0 Å².